The molecule has 0 bridgehead atoms. The molecule has 134 valence electrons. The molecule has 24 heavy (non-hydrogen) atoms. The summed E-state index contributed by atoms with van der Waals surface area (Å²) in [5.74, 6) is -0.0657. The first kappa shape index (κ1) is 18.7. The van der Waals surface area contributed by atoms with E-state index in [0.717, 1.165) is 6.42 Å². The Morgan fingerprint density at radius 1 is 1.33 bits per heavy atom. The summed E-state index contributed by atoms with van der Waals surface area (Å²) in [5, 5.41) is 8.89. The molecule has 1 N–H and O–H groups in total. The van der Waals surface area contributed by atoms with Crippen LogP contribution in [-0.4, -0.2) is 68.9 Å². The SMILES string of the molecule is COCCCN(COc1ccc(C(=O)O)cc1)C1CCS(=O)(=O)C1. The van der Waals surface area contributed by atoms with Gasteiger partial charge in [0.15, 0.2) is 9.84 Å². The Hall–Kier alpha value is -1.64. The van der Waals surface area contributed by atoms with Crippen molar-refractivity contribution in [2.75, 3.05) is 38.5 Å². The second-order valence-corrected chi connectivity index (χ2v) is 8.05. The van der Waals surface area contributed by atoms with Crippen LogP contribution in [0.4, 0.5) is 0 Å². The fraction of sp³-hybridized carbons (Fsp3) is 0.562. The number of rotatable bonds is 9. The van der Waals surface area contributed by atoms with E-state index in [1.165, 1.54) is 12.1 Å². The lowest BCUT2D eigenvalue weighted by molar-refractivity contribution is 0.0696. The highest BCUT2D eigenvalue weighted by Crippen LogP contribution is 2.19. The number of aromatic carboxylic acids is 1. The number of nitrogens with zero attached hydrogens (tertiary/aromatic N) is 1. The highest BCUT2D eigenvalue weighted by Gasteiger charge is 2.32. The van der Waals surface area contributed by atoms with Gasteiger partial charge in [0.2, 0.25) is 0 Å². The number of ether oxygens (including phenoxy) is 2. The first-order chi connectivity index (χ1) is 11.4. The van der Waals surface area contributed by atoms with Gasteiger partial charge in [-0.2, -0.15) is 0 Å². The van der Waals surface area contributed by atoms with Gasteiger partial charge in [0.25, 0.3) is 0 Å². The predicted octanol–water partition coefficient (Wildman–Crippen LogP) is 1.25. The maximum atomic E-state index is 11.7. The zero-order valence-corrected chi connectivity index (χ0v) is 14.5. The quantitative estimate of drug-likeness (QED) is 0.525. The molecule has 1 saturated heterocycles. The number of hydrogen-bond donors (Lipinski definition) is 1. The molecule has 1 unspecified atom stereocenters. The Kier molecular flexibility index (Phi) is 6.59. The highest BCUT2D eigenvalue weighted by molar-refractivity contribution is 7.91. The summed E-state index contributed by atoms with van der Waals surface area (Å²) in [4.78, 5) is 12.9. The molecule has 2 rings (SSSR count). The maximum absolute atomic E-state index is 11.7. The molecule has 1 aromatic carbocycles. The van der Waals surface area contributed by atoms with Gasteiger partial charge in [-0.25, -0.2) is 13.2 Å². The minimum absolute atomic E-state index is 0.0508. The second kappa shape index (κ2) is 8.46. The Morgan fingerprint density at radius 2 is 2.04 bits per heavy atom. The summed E-state index contributed by atoms with van der Waals surface area (Å²) in [6.45, 7) is 1.54. The molecule has 0 aliphatic carbocycles. The average molecular weight is 357 g/mol. The molecule has 7 nitrogen and oxygen atoms in total. The van der Waals surface area contributed by atoms with Crippen molar-refractivity contribution in [1.82, 2.24) is 4.90 Å². The molecule has 1 aliphatic rings. The zero-order chi connectivity index (χ0) is 17.6. The first-order valence-electron chi connectivity index (χ1n) is 7.81. The topological polar surface area (TPSA) is 93.1 Å². The van der Waals surface area contributed by atoms with E-state index in [4.69, 9.17) is 14.6 Å². The third-order valence-corrected chi connectivity index (χ3v) is 5.77. The van der Waals surface area contributed by atoms with E-state index in [1.54, 1.807) is 19.2 Å². The largest absolute Gasteiger partial charge is 0.478 e. The predicted molar refractivity (Wildman–Crippen MR) is 89.2 cm³/mol. The van der Waals surface area contributed by atoms with Gasteiger partial charge in [0.1, 0.15) is 12.5 Å². The van der Waals surface area contributed by atoms with Gasteiger partial charge >= 0.3 is 5.97 Å². The molecule has 1 fully saturated rings. The van der Waals surface area contributed by atoms with Crippen LogP contribution in [0.1, 0.15) is 23.2 Å². The molecule has 0 amide bonds. The molecule has 0 saturated carbocycles. The number of methoxy groups -OCH3 is 1. The molecule has 8 heteroatoms. The van der Waals surface area contributed by atoms with Crippen LogP contribution in [-0.2, 0) is 14.6 Å². The van der Waals surface area contributed by atoms with Gasteiger partial charge in [-0.1, -0.05) is 0 Å². The number of carbonyl (C=O) groups is 1. The molecule has 1 atom stereocenters. The van der Waals surface area contributed by atoms with Gasteiger partial charge < -0.3 is 14.6 Å². The summed E-state index contributed by atoms with van der Waals surface area (Å²) in [7, 11) is -1.33. The van der Waals surface area contributed by atoms with E-state index in [0.29, 0.717) is 25.3 Å². The van der Waals surface area contributed by atoms with Crippen LogP contribution < -0.4 is 4.74 Å². The van der Waals surface area contributed by atoms with Crippen molar-refractivity contribution in [2.45, 2.75) is 18.9 Å². The van der Waals surface area contributed by atoms with E-state index in [1.807, 2.05) is 4.90 Å². The molecule has 1 aromatic rings. The van der Waals surface area contributed by atoms with E-state index in [-0.39, 0.29) is 29.8 Å². The van der Waals surface area contributed by atoms with Crippen LogP contribution >= 0.6 is 0 Å². The number of carboxylic acid groups (broad SMARTS) is 1. The third kappa shape index (κ3) is 5.47. The molecule has 0 spiro atoms. The third-order valence-electron chi connectivity index (χ3n) is 4.02. The Labute approximate surface area is 142 Å². The van der Waals surface area contributed by atoms with Gasteiger partial charge in [-0.05, 0) is 37.1 Å². The van der Waals surface area contributed by atoms with Gasteiger partial charge in [0, 0.05) is 26.3 Å². The monoisotopic (exact) mass is 357 g/mol. The van der Waals surface area contributed by atoms with Gasteiger partial charge in [-0.15, -0.1) is 0 Å². The fourth-order valence-electron chi connectivity index (χ4n) is 2.68. The van der Waals surface area contributed by atoms with Crippen molar-refractivity contribution in [3.05, 3.63) is 29.8 Å². The van der Waals surface area contributed by atoms with Gasteiger partial charge in [-0.3, -0.25) is 4.90 Å². The summed E-state index contributed by atoms with van der Waals surface area (Å²) in [5.41, 5.74) is 0.196. The molecule has 0 radical (unpaired) electrons. The number of benzene rings is 1. The Balaban J connectivity index is 1.95. The molecule has 1 aliphatic heterocycles. The molecule has 0 aromatic heterocycles. The zero-order valence-electron chi connectivity index (χ0n) is 13.7. The van der Waals surface area contributed by atoms with Crippen molar-refractivity contribution in [3.8, 4) is 5.75 Å². The lowest BCUT2D eigenvalue weighted by atomic mass is 10.2. The van der Waals surface area contributed by atoms with Crippen molar-refractivity contribution in [2.24, 2.45) is 0 Å². The number of sulfone groups is 1. The second-order valence-electron chi connectivity index (χ2n) is 5.82. The fourth-order valence-corrected chi connectivity index (χ4v) is 4.44. The van der Waals surface area contributed by atoms with Crippen LogP contribution in [0.25, 0.3) is 0 Å². The van der Waals surface area contributed by atoms with Crippen LogP contribution in [0, 0.1) is 0 Å². The van der Waals surface area contributed by atoms with E-state index in [2.05, 4.69) is 0 Å². The van der Waals surface area contributed by atoms with Crippen LogP contribution in [0.5, 0.6) is 5.75 Å². The minimum atomic E-state index is -2.96. The van der Waals surface area contributed by atoms with Crippen molar-refractivity contribution >= 4 is 15.8 Å². The molecular weight excluding hydrogens is 334 g/mol. The van der Waals surface area contributed by atoms with Crippen molar-refractivity contribution in [1.29, 1.82) is 0 Å². The van der Waals surface area contributed by atoms with E-state index >= 15 is 0 Å². The number of carboxylic acids is 1. The van der Waals surface area contributed by atoms with Crippen LogP contribution in [0.3, 0.4) is 0 Å². The minimum Gasteiger partial charge on any atom is -0.478 e. The standard InChI is InChI=1S/C16H23NO6S/c1-22-9-2-8-17(14-7-10-24(20,21)11-14)12-23-15-5-3-13(4-6-15)16(18)19/h3-6,14H,2,7-12H2,1H3,(H,18,19). The summed E-state index contributed by atoms with van der Waals surface area (Å²) in [6.07, 6.45) is 1.39. The van der Waals surface area contributed by atoms with Crippen molar-refractivity contribution in [3.63, 3.8) is 0 Å². The van der Waals surface area contributed by atoms with Gasteiger partial charge in [0.05, 0.1) is 17.1 Å². The maximum Gasteiger partial charge on any atom is 0.335 e. The van der Waals surface area contributed by atoms with Crippen LogP contribution in [0.15, 0.2) is 24.3 Å². The summed E-state index contributed by atoms with van der Waals surface area (Å²) < 4.78 is 34.2. The lowest BCUT2D eigenvalue weighted by Crippen LogP contribution is -2.40. The van der Waals surface area contributed by atoms with Crippen molar-refractivity contribution < 1.29 is 27.8 Å². The Bertz CT molecular complexity index is 643. The van der Waals surface area contributed by atoms with E-state index < -0.39 is 15.8 Å². The lowest BCUT2D eigenvalue weighted by Gasteiger charge is -2.27. The molecular formula is C16H23NO6S. The van der Waals surface area contributed by atoms with E-state index in [9.17, 15) is 13.2 Å². The first-order valence-corrected chi connectivity index (χ1v) is 9.63. The number of hydrogen-bond acceptors (Lipinski definition) is 6. The smallest absolute Gasteiger partial charge is 0.335 e. The molecule has 1 heterocycles. The summed E-state index contributed by atoms with van der Waals surface area (Å²) >= 11 is 0. The normalized spacial score (nSPS) is 19.5. The summed E-state index contributed by atoms with van der Waals surface area (Å²) in [6, 6.07) is 6.11. The average Bonchev–Trinajstić information content (AvgIpc) is 2.91. The Morgan fingerprint density at radius 3 is 2.58 bits per heavy atom. The highest BCUT2D eigenvalue weighted by atomic mass is 32.2. The van der Waals surface area contributed by atoms with Crippen LogP contribution in [0.2, 0.25) is 0 Å².